The standard InChI is InChI=1S/C22H28N4O/c1-6-17(5)25(14-18-10-8-7-9-11-18)22(27)19-12-16(4)24-21-20(19)13-23-26(21)15(2)3/h7-13,15,17H,6,14H2,1-5H3. The minimum Gasteiger partial charge on any atom is -0.332 e. The first-order valence-electron chi connectivity index (χ1n) is 9.62. The van der Waals surface area contributed by atoms with Crippen molar-refractivity contribution in [3.63, 3.8) is 0 Å². The molecular weight excluding hydrogens is 336 g/mol. The minimum absolute atomic E-state index is 0.0343. The van der Waals surface area contributed by atoms with E-state index >= 15 is 0 Å². The van der Waals surface area contributed by atoms with Gasteiger partial charge in [0.15, 0.2) is 5.65 Å². The van der Waals surface area contributed by atoms with Gasteiger partial charge in [-0.05, 0) is 45.7 Å². The van der Waals surface area contributed by atoms with Crippen LogP contribution in [-0.2, 0) is 6.54 Å². The van der Waals surface area contributed by atoms with Crippen LogP contribution in [0.15, 0.2) is 42.6 Å². The van der Waals surface area contributed by atoms with Crippen LogP contribution in [0.3, 0.4) is 0 Å². The molecule has 1 atom stereocenters. The fraction of sp³-hybridized carbons (Fsp3) is 0.409. The first-order chi connectivity index (χ1) is 12.9. The summed E-state index contributed by atoms with van der Waals surface area (Å²) >= 11 is 0. The number of carbonyl (C=O) groups is 1. The highest BCUT2D eigenvalue weighted by Gasteiger charge is 2.24. The number of rotatable bonds is 6. The first-order valence-corrected chi connectivity index (χ1v) is 9.62. The zero-order chi connectivity index (χ0) is 19.6. The van der Waals surface area contributed by atoms with E-state index < -0.39 is 0 Å². The van der Waals surface area contributed by atoms with E-state index in [1.807, 2.05) is 40.8 Å². The van der Waals surface area contributed by atoms with Crippen LogP contribution in [0.2, 0.25) is 0 Å². The maximum Gasteiger partial charge on any atom is 0.255 e. The van der Waals surface area contributed by atoms with E-state index in [4.69, 9.17) is 0 Å². The number of hydrogen-bond acceptors (Lipinski definition) is 3. The molecule has 142 valence electrons. The van der Waals surface area contributed by atoms with Gasteiger partial charge in [0.05, 0.1) is 17.1 Å². The predicted octanol–water partition coefficient (Wildman–Crippen LogP) is 4.76. The van der Waals surface area contributed by atoms with E-state index in [-0.39, 0.29) is 18.0 Å². The minimum atomic E-state index is 0.0343. The molecule has 0 bridgehead atoms. The van der Waals surface area contributed by atoms with Gasteiger partial charge < -0.3 is 4.90 Å². The summed E-state index contributed by atoms with van der Waals surface area (Å²) in [5, 5.41) is 5.29. The third kappa shape index (κ3) is 3.87. The van der Waals surface area contributed by atoms with Crippen LogP contribution in [0.4, 0.5) is 0 Å². The lowest BCUT2D eigenvalue weighted by Crippen LogP contribution is -2.38. The fourth-order valence-electron chi connectivity index (χ4n) is 3.28. The molecule has 0 spiro atoms. The van der Waals surface area contributed by atoms with Gasteiger partial charge in [0.2, 0.25) is 0 Å². The first kappa shape index (κ1) is 19.1. The van der Waals surface area contributed by atoms with Crippen LogP contribution in [0.25, 0.3) is 11.0 Å². The van der Waals surface area contributed by atoms with E-state index in [1.165, 1.54) is 0 Å². The Morgan fingerprint density at radius 1 is 1.19 bits per heavy atom. The molecule has 0 saturated heterocycles. The summed E-state index contributed by atoms with van der Waals surface area (Å²) in [6, 6.07) is 12.4. The molecule has 5 heteroatoms. The second kappa shape index (κ2) is 7.91. The highest BCUT2D eigenvalue weighted by atomic mass is 16.2. The molecule has 0 radical (unpaired) electrons. The zero-order valence-corrected chi connectivity index (χ0v) is 16.8. The molecule has 1 aromatic carbocycles. The Labute approximate surface area is 161 Å². The second-order valence-corrected chi connectivity index (χ2v) is 7.41. The Kier molecular flexibility index (Phi) is 5.59. The molecule has 5 nitrogen and oxygen atoms in total. The van der Waals surface area contributed by atoms with Crippen molar-refractivity contribution < 1.29 is 4.79 Å². The smallest absolute Gasteiger partial charge is 0.255 e. The Bertz CT molecular complexity index is 930. The van der Waals surface area contributed by atoms with Crippen molar-refractivity contribution in [3.8, 4) is 0 Å². The van der Waals surface area contributed by atoms with Crippen molar-refractivity contribution in [1.82, 2.24) is 19.7 Å². The molecule has 2 heterocycles. The normalized spacial score (nSPS) is 12.5. The summed E-state index contributed by atoms with van der Waals surface area (Å²) in [7, 11) is 0. The highest BCUT2D eigenvalue weighted by Crippen LogP contribution is 2.24. The average Bonchev–Trinajstić information content (AvgIpc) is 3.09. The maximum absolute atomic E-state index is 13.6. The van der Waals surface area contributed by atoms with Crippen LogP contribution >= 0.6 is 0 Å². The lowest BCUT2D eigenvalue weighted by molar-refractivity contribution is 0.0673. The van der Waals surface area contributed by atoms with Gasteiger partial charge in [-0.15, -0.1) is 0 Å². The van der Waals surface area contributed by atoms with E-state index in [0.717, 1.165) is 28.7 Å². The zero-order valence-electron chi connectivity index (χ0n) is 16.8. The largest absolute Gasteiger partial charge is 0.332 e. The number of hydrogen-bond donors (Lipinski definition) is 0. The molecule has 0 fully saturated rings. The Morgan fingerprint density at radius 2 is 1.89 bits per heavy atom. The Balaban J connectivity index is 2.05. The molecule has 1 unspecified atom stereocenters. The van der Waals surface area contributed by atoms with E-state index in [0.29, 0.717) is 12.1 Å². The number of carbonyl (C=O) groups excluding carboxylic acids is 1. The lowest BCUT2D eigenvalue weighted by atomic mass is 10.1. The SMILES string of the molecule is CCC(C)N(Cc1ccccc1)C(=O)c1cc(C)nc2c1cnn2C(C)C. The van der Waals surface area contributed by atoms with Crippen LogP contribution in [0.5, 0.6) is 0 Å². The summed E-state index contributed by atoms with van der Waals surface area (Å²) in [6.07, 6.45) is 2.67. The number of amides is 1. The molecule has 0 N–H and O–H groups in total. The molecule has 27 heavy (non-hydrogen) atoms. The summed E-state index contributed by atoms with van der Waals surface area (Å²) < 4.78 is 1.88. The van der Waals surface area contributed by atoms with Gasteiger partial charge in [0.1, 0.15) is 0 Å². The van der Waals surface area contributed by atoms with Gasteiger partial charge in [0.25, 0.3) is 5.91 Å². The third-order valence-electron chi connectivity index (χ3n) is 4.99. The average molecular weight is 364 g/mol. The number of benzene rings is 1. The summed E-state index contributed by atoms with van der Waals surface area (Å²) in [5.41, 5.74) is 3.42. The monoisotopic (exact) mass is 364 g/mol. The summed E-state index contributed by atoms with van der Waals surface area (Å²) in [5.74, 6) is 0.0343. The van der Waals surface area contributed by atoms with Crippen molar-refractivity contribution in [2.24, 2.45) is 0 Å². The van der Waals surface area contributed by atoms with Crippen molar-refractivity contribution in [2.75, 3.05) is 0 Å². The van der Waals surface area contributed by atoms with Gasteiger partial charge in [-0.3, -0.25) is 4.79 Å². The van der Waals surface area contributed by atoms with Gasteiger partial charge >= 0.3 is 0 Å². The quantitative estimate of drug-likeness (QED) is 0.633. The maximum atomic E-state index is 13.6. The number of fused-ring (bicyclic) bond motifs is 1. The van der Waals surface area contributed by atoms with Crippen LogP contribution in [0, 0.1) is 6.92 Å². The third-order valence-corrected chi connectivity index (χ3v) is 4.99. The van der Waals surface area contributed by atoms with Crippen LogP contribution < -0.4 is 0 Å². The highest BCUT2D eigenvalue weighted by molar-refractivity contribution is 6.05. The molecule has 0 aliphatic rings. The van der Waals surface area contributed by atoms with Crippen molar-refractivity contribution in [3.05, 3.63) is 59.4 Å². The molecule has 0 saturated carbocycles. The van der Waals surface area contributed by atoms with E-state index in [1.54, 1.807) is 6.20 Å². The summed E-state index contributed by atoms with van der Waals surface area (Å²) in [6.45, 7) is 10.9. The van der Waals surface area contributed by atoms with E-state index in [9.17, 15) is 4.79 Å². The summed E-state index contributed by atoms with van der Waals surface area (Å²) in [4.78, 5) is 20.1. The number of nitrogens with zero attached hydrogens (tertiary/aromatic N) is 4. The van der Waals surface area contributed by atoms with Crippen LogP contribution in [-0.4, -0.2) is 31.6 Å². The molecule has 0 aliphatic carbocycles. The molecule has 1 amide bonds. The van der Waals surface area contributed by atoms with Gasteiger partial charge in [-0.2, -0.15) is 5.10 Å². The molecule has 3 aromatic rings. The van der Waals surface area contributed by atoms with Gasteiger partial charge in [-0.25, -0.2) is 9.67 Å². The molecule has 3 rings (SSSR count). The Hall–Kier alpha value is -2.69. The number of aryl methyl sites for hydroxylation is 1. The second-order valence-electron chi connectivity index (χ2n) is 7.41. The molecule has 0 aliphatic heterocycles. The van der Waals surface area contributed by atoms with E-state index in [2.05, 4.69) is 49.9 Å². The number of pyridine rings is 1. The van der Waals surface area contributed by atoms with Gasteiger partial charge in [-0.1, -0.05) is 37.3 Å². The van der Waals surface area contributed by atoms with Crippen LogP contribution in [0.1, 0.15) is 61.8 Å². The fourth-order valence-corrected chi connectivity index (χ4v) is 3.28. The number of aromatic nitrogens is 3. The van der Waals surface area contributed by atoms with Crippen molar-refractivity contribution in [1.29, 1.82) is 0 Å². The lowest BCUT2D eigenvalue weighted by Gasteiger charge is -2.29. The predicted molar refractivity (Wildman–Crippen MR) is 109 cm³/mol. The molecule has 2 aromatic heterocycles. The Morgan fingerprint density at radius 3 is 2.52 bits per heavy atom. The van der Waals surface area contributed by atoms with Crippen molar-refractivity contribution in [2.45, 2.75) is 59.7 Å². The van der Waals surface area contributed by atoms with Gasteiger partial charge in [0, 0.05) is 24.3 Å². The molecular formula is C22H28N4O. The van der Waals surface area contributed by atoms with Crippen molar-refractivity contribution >= 4 is 16.9 Å². The topological polar surface area (TPSA) is 51.0 Å².